The predicted octanol–water partition coefficient (Wildman–Crippen LogP) is 5.50. The Hall–Kier alpha value is -3.86. The van der Waals surface area contributed by atoms with E-state index >= 15 is 0 Å². The number of pyridine rings is 2. The summed E-state index contributed by atoms with van der Waals surface area (Å²) in [7, 11) is 0. The molecule has 1 N–H and O–H groups in total. The number of rotatable bonds is 5. The molecule has 0 atom stereocenters. The van der Waals surface area contributed by atoms with Gasteiger partial charge < -0.3 is 5.32 Å². The molecule has 4 nitrogen and oxygen atoms in total. The van der Waals surface area contributed by atoms with E-state index in [0.717, 1.165) is 28.1 Å². The first-order valence-corrected chi connectivity index (χ1v) is 10.0. The van der Waals surface area contributed by atoms with Gasteiger partial charge in [-0.3, -0.25) is 14.8 Å². The van der Waals surface area contributed by atoms with Gasteiger partial charge in [-0.05, 0) is 66.9 Å². The number of nitrogens with zero attached hydrogens (tertiary/aromatic N) is 2. The summed E-state index contributed by atoms with van der Waals surface area (Å²) < 4.78 is 14.5. The maximum absolute atomic E-state index is 14.5. The SMILES string of the molecule is Cc1ccc(-c2cc(C(=O)NCc3ccc(C)nc3)cc(-c3ccccc3F)c2)nc1. The highest BCUT2D eigenvalue weighted by Gasteiger charge is 2.13. The fraction of sp³-hybridized carbons (Fsp3) is 0.115. The highest BCUT2D eigenvalue weighted by Crippen LogP contribution is 2.29. The highest BCUT2D eigenvalue weighted by molar-refractivity contribution is 5.97. The zero-order valence-corrected chi connectivity index (χ0v) is 17.4. The quantitative estimate of drug-likeness (QED) is 0.472. The number of aryl methyl sites for hydroxylation is 2. The molecule has 0 unspecified atom stereocenters. The minimum atomic E-state index is -0.339. The van der Waals surface area contributed by atoms with Crippen LogP contribution in [-0.2, 0) is 6.54 Å². The molecular weight excluding hydrogens is 389 g/mol. The number of nitrogens with one attached hydrogen (secondary N) is 1. The fourth-order valence-electron chi connectivity index (χ4n) is 3.28. The second-order valence-electron chi connectivity index (χ2n) is 7.49. The van der Waals surface area contributed by atoms with Crippen LogP contribution in [-0.4, -0.2) is 15.9 Å². The summed E-state index contributed by atoms with van der Waals surface area (Å²) in [6.07, 6.45) is 3.52. The smallest absolute Gasteiger partial charge is 0.251 e. The standard InChI is InChI=1S/C26H22FN3O/c1-17-7-10-25(29-14-17)21-11-20(23-5-3-4-6-24(23)27)12-22(13-21)26(31)30-16-19-9-8-18(2)28-15-19/h3-15H,16H2,1-2H3,(H,30,31). The molecule has 2 heterocycles. The van der Waals surface area contributed by atoms with Crippen molar-refractivity contribution in [3.63, 3.8) is 0 Å². The molecule has 0 spiro atoms. The van der Waals surface area contributed by atoms with E-state index in [-0.39, 0.29) is 11.7 Å². The summed E-state index contributed by atoms with van der Waals surface area (Å²) in [6.45, 7) is 4.23. The van der Waals surface area contributed by atoms with Crippen LogP contribution < -0.4 is 5.32 Å². The van der Waals surface area contributed by atoms with Crippen LogP contribution in [0.2, 0.25) is 0 Å². The Kier molecular flexibility index (Phi) is 5.85. The van der Waals surface area contributed by atoms with Crippen molar-refractivity contribution < 1.29 is 9.18 Å². The summed E-state index contributed by atoms with van der Waals surface area (Å²) in [4.78, 5) is 21.7. The van der Waals surface area contributed by atoms with E-state index in [9.17, 15) is 9.18 Å². The highest BCUT2D eigenvalue weighted by atomic mass is 19.1. The van der Waals surface area contributed by atoms with Crippen LogP contribution in [0.1, 0.15) is 27.2 Å². The number of carbonyl (C=O) groups excluding carboxylic acids is 1. The van der Waals surface area contributed by atoms with E-state index < -0.39 is 0 Å². The normalized spacial score (nSPS) is 10.7. The number of hydrogen-bond acceptors (Lipinski definition) is 3. The minimum absolute atomic E-state index is 0.243. The Morgan fingerprint density at radius 3 is 2.42 bits per heavy atom. The molecular formula is C26H22FN3O. The zero-order valence-electron chi connectivity index (χ0n) is 17.4. The van der Waals surface area contributed by atoms with Gasteiger partial charge in [0.25, 0.3) is 5.91 Å². The third-order valence-electron chi connectivity index (χ3n) is 5.01. The molecule has 2 aromatic heterocycles. The van der Waals surface area contributed by atoms with Gasteiger partial charge in [0.2, 0.25) is 0 Å². The molecule has 5 heteroatoms. The first kappa shape index (κ1) is 20.4. The number of aromatic nitrogens is 2. The lowest BCUT2D eigenvalue weighted by Crippen LogP contribution is -2.23. The van der Waals surface area contributed by atoms with E-state index in [1.54, 1.807) is 42.7 Å². The van der Waals surface area contributed by atoms with Gasteiger partial charge >= 0.3 is 0 Å². The lowest BCUT2D eigenvalue weighted by atomic mass is 9.97. The largest absolute Gasteiger partial charge is 0.348 e. The van der Waals surface area contributed by atoms with Crippen LogP contribution in [0, 0.1) is 19.7 Å². The summed E-state index contributed by atoms with van der Waals surface area (Å²) in [5, 5.41) is 2.92. The van der Waals surface area contributed by atoms with Crippen molar-refractivity contribution in [3.05, 3.63) is 107 Å². The molecule has 1 amide bonds. The second-order valence-corrected chi connectivity index (χ2v) is 7.49. The van der Waals surface area contributed by atoms with E-state index in [0.29, 0.717) is 23.2 Å². The monoisotopic (exact) mass is 411 g/mol. The van der Waals surface area contributed by atoms with E-state index in [4.69, 9.17) is 0 Å². The van der Waals surface area contributed by atoms with Crippen molar-refractivity contribution in [1.82, 2.24) is 15.3 Å². The van der Waals surface area contributed by atoms with Gasteiger partial charge in [-0.25, -0.2) is 4.39 Å². The van der Waals surface area contributed by atoms with Crippen LogP contribution in [0.5, 0.6) is 0 Å². The van der Waals surface area contributed by atoms with E-state index in [2.05, 4.69) is 15.3 Å². The topological polar surface area (TPSA) is 54.9 Å². The van der Waals surface area contributed by atoms with Gasteiger partial charge in [-0.15, -0.1) is 0 Å². The van der Waals surface area contributed by atoms with E-state index in [1.165, 1.54) is 6.07 Å². The molecule has 0 aliphatic carbocycles. The maximum Gasteiger partial charge on any atom is 0.251 e. The lowest BCUT2D eigenvalue weighted by Gasteiger charge is -2.12. The molecule has 31 heavy (non-hydrogen) atoms. The van der Waals surface area contributed by atoms with Crippen molar-refractivity contribution in [2.75, 3.05) is 0 Å². The van der Waals surface area contributed by atoms with Crippen molar-refractivity contribution in [3.8, 4) is 22.4 Å². The number of amides is 1. The molecule has 2 aromatic carbocycles. The van der Waals surface area contributed by atoms with Crippen molar-refractivity contribution in [1.29, 1.82) is 0 Å². The molecule has 0 aliphatic heterocycles. The van der Waals surface area contributed by atoms with Crippen molar-refractivity contribution >= 4 is 5.91 Å². The molecule has 0 fully saturated rings. The van der Waals surface area contributed by atoms with Crippen LogP contribution in [0.25, 0.3) is 22.4 Å². The number of halogens is 1. The van der Waals surface area contributed by atoms with Crippen LogP contribution in [0.3, 0.4) is 0 Å². The van der Waals surface area contributed by atoms with E-state index in [1.807, 2.05) is 44.2 Å². The third-order valence-corrected chi connectivity index (χ3v) is 5.01. The van der Waals surface area contributed by atoms with Crippen LogP contribution in [0.15, 0.2) is 79.1 Å². The summed E-state index contributed by atoms with van der Waals surface area (Å²) in [5.41, 5.74) is 5.85. The molecule has 0 aliphatic rings. The second kappa shape index (κ2) is 8.88. The Bertz CT molecular complexity index is 1220. The van der Waals surface area contributed by atoms with Crippen molar-refractivity contribution in [2.24, 2.45) is 0 Å². The third kappa shape index (κ3) is 4.83. The molecule has 4 rings (SSSR count). The molecule has 0 radical (unpaired) electrons. The molecule has 0 saturated heterocycles. The Morgan fingerprint density at radius 2 is 1.71 bits per heavy atom. The number of benzene rings is 2. The van der Waals surface area contributed by atoms with Gasteiger partial charge in [0.05, 0.1) is 5.69 Å². The molecule has 4 aromatic rings. The number of hydrogen-bond donors (Lipinski definition) is 1. The first-order valence-electron chi connectivity index (χ1n) is 10.0. The van der Waals surface area contributed by atoms with Crippen molar-refractivity contribution in [2.45, 2.75) is 20.4 Å². The summed E-state index contributed by atoms with van der Waals surface area (Å²) in [5.74, 6) is -0.583. The minimum Gasteiger partial charge on any atom is -0.348 e. The lowest BCUT2D eigenvalue weighted by molar-refractivity contribution is 0.0951. The number of carbonyl (C=O) groups is 1. The summed E-state index contributed by atoms with van der Waals surface area (Å²) >= 11 is 0. The maximum atomic E-state index is 14.5. The van der Waals surface area contributed by atoms with Gasteiger partial charge in [-0.1, -0.05) is 30.3 Å². The fourth-order valence-corrected chi connectivity index (χ4v) is 3.28. The van der Waals surface area contributed by atoms with Gasteiger partial charge in [-0.2, -0.15) is 0 Å². The van der Waals surface area contributed by atoms with Crippen LogP contribution >= 0.6 is 0 Å². The first-order chi connectivity index (χ1) is 15.0. The molecule has 154 valence electrons. The van der Waals surface area contributed by atoms with Gasteiger partial charge in [0.15, 0.2) is 0 Å². The summed E-state index contributed by atoms with van der Waals surface area (Å²) in [6, 6.07) is 19.6. The average Bonchev–Trinajstić information content (AvgIpc) is 2.79. The molecule has 0 saturated carbocycles. The Labute approximate surface area is 180 Å². The van der Waals surface area contributed by atoms with Crippen LogP contribution in [0.4, 0.5) is 4.39 Å². The molecule has 0 bridgehead atoms. The Morgan fingerprint density at radius 1 is 0.903 bits per heavy atom. The zero-order chi connectivity index (χ0) is 21.8. The Balaban J connectivity index is 1.70. The predicted molar refractivity (Wildman–Crippen MR) is 120 cm³/mol. The van der Waals surface area contributed by atoms with Gasteiger partial charge in [0.1, 0.15) is 5.82 Å². The average molecular weight is 411 g/mol. The van der Waals surface area contributed by atoms with Gasteiger partial charge in [0, 0.05) is 41.3 Å².